The van der Waals surface area contributed by atoms with E-state index < -0.39 is 12.0 Å². The van der Waals surface area contributed by atoms with Crippen LogP contribution in [0.25, 0.3) is 0 Å². The summed E-state index contributed by atoms with van der Waals surface area (Å²) in [5, 5.41) is 8.65. The van der Waals surface area contributed by atoms with Gasteiger partial charge in [0.05, 0.1) is 6.42 Å². The number of carbonyl (C=O) groups is 1. The second-order valence-corrected chi connectivity index (χ2v) is 3.74. The second-order valence-electron chi connectivity index (χ2n) is 3.74. The van der Waals surface area contributed by atoms with Gasteiger partial charge in [-0.15, -0.1) is 0 Å². The maximum atomic E-state index is 10.5. The molecule has 82 valence electrons. The van der Waals surface area contributed by atoms with Crippen LogP contribution in [0.3, 0.4) is 0 Å². The summed E-state index contributed by atoms with van der Waals surface area (Å²) in [5.41, 5.74) is 9.15. The quantitative estimate of drug-likeness (QED) is 0.794. The molecule has 0 spiro atoms. The highest BCUT2D eigenvalue weighted by Gasteiger charge is 2.11. The van der Waals surface area contributed by atoms with Crippen molar-refractivity contribution in [2.24, 2.45) is 5.73 Å². The maximum absolute atomic E-state index is 10.5. The van der Waals surface area contributed by atoms with E-state index in [0.717, 1.165) is 12.0 Å². The van der Waals surface area contributed by atoms with Gasteiger partial charge in [-0.05, 0) is 30.0 Å². The number of nitrogens with two attached hydrogens (primary N) is 1. The zero-order valence-electron chi connectivity index (χ0n) is 9.16. The Bertz CT molecular complexity index is 361. The normalized spacial score (nSPS) is 12.5. The topological polar surface area (TPSA) is 63.3 Å². The van der Waals surface area contributed by atoms with Crippen molar-refractivity contribution < 1.29 is 9.90 Å². The van der Waals surface area contributed by atoms with Gasteiger partial charge in [-0.2, -0.15) is 0 Å². The van der Waals surface area contributed by atoms with Gasteiger partial charge in [0.25, 0.3) is 0 Å². The van der Waals surface area contributed by atoms with Gasteiger partial charge < -0.3 is 10.8 Å². The van der Waals surface area contributed by atoms with Gasteiger partial charge in [0, 0.05) is 6.04 Å². The summed E-state index contributed by atoms with van der Waals surface area (Å²) in [6.45, 7) is 4.13. The van der Waals surface area contributed by atoms with Crippen molar-refractivity contribution >= 4 is 5.97 Å². The van der Waals surface area contributed by atoms with Crippen molar-refractivity contribution in [1.82, 2.24) is 0 Å². The molecule has 0 aliphatic heterocycles. The van der Waals surface area contributed by atoms with Crippen LogP contribution in [-0.2, 0) is 11.2 Å². The van der Waals surface area contributed by atoms with E-state index in [1.165, 1.54) is 11.1 Å². The van der Waals surface area contributed by atoms with Crippen LogP contribution in [0.5, 0.6) is 0 Å². The number of aliphatic carboxylic acids is 1. The molecule has 1 aromatic carbocycles. The first-order valence-electron chi connectivity index (χ1n) is 5.11. The van der Waals surface area contributed by atoms with Gasteiger partial charge in [-0.25, -0.2) is 0 Å². The molecule has 3 N–H and O–H groups in total. The molecule has 1 unspecified atom stereocenters. The molecule has 0 saturated heterocycles. The standard InChI is InChI=1S/C12H17NO2/c1-3-9-6-10(5-4-8(9)2)11(13)7-12(14)15/h4-6,11H,3,7,13H2,1-2H3,(H,14,15). The highest BCUT2D eigenvalue weighted by atomic mass is 16.4. The number of hydrogen-bond acceptors (Lipinski definition) is 2. The number of benzene rings is 1. The van der Waals surface area contributed by atoms with Crippen LogP contribution in [-0.4, -0.2) is 11.1 Å². The average Bonchev–Trinajstić information content (AvgIpc) is 2.17. The van der Waals surface area contributed by atoms with Crippen LogP contribution in [0.1, 0.15) is 36.1 Å². The molecule has 15 heavy (non-hydrogen) atoms. The summed E-state index contributed by atoms with van der Waals surface area (Å²) < 4.78 is 0. The molecule has 1 atom stereocenters. The second kappa shape index (κ2) is 4.94. The minimum absolute atomic E-state index is 0.0216. The number of carboxylic acids is 1. The molecule has 0 saturated carbocycles. The van der Waals surface area contributed by atoms with Crippen LogP contribution < -0.4 is 5.73 Å². The Hall–Kier alpha value is -1.35. The fourth-order valence-electron chi connectivity index (χ4n) is 1.61. The zero-order chi connectivity index (χ0) is 11.4. The lowest BCUT2D eigenvalue weighted by atomic mass is 9.98. The van der Waals surface area contributed by atoms with E-state index in [0.29, 0.717) is 0 Å². The highest BCUT2D eigenvalue weighted by molar-refractivity contribution is 5.67. The molecule has 0 heterocycles. The third-order valence-corrected chi connectivity index (χ3v) is 2.58. The molecule has 0 bridgehead atoms. The van der Waals surface area contributed by atoms with E-state index in [9.17, 15) is 4.79 Å². The van der Waals surface area contributed by atoms with Gasteiger partial charge >= 0.3 is 5.97 Å². The van der Waals surface area contributed by atoms with Gasteiger partial charge in [0.2, 0.25) is 0 Å². The fourth-order valence-corrected chi connectivity index (χ4v) is 1.61. The molecule has 3 heteroatoms. The van der Waals surface area contributed by atoms with Gasteiger partial charge in [0.1, 0.15) is 0 Å². The maximum Gasteiger partial charge on any atom is 0.305 e. The number of hydrogen-bond donors (Lipinski definition) is 2. The number of rotatable bonds is 4. The highest BCUT2D eigenvalue weighted by Crippen LogP contribution is 2.18. The summed E-state index contributed by atoms with van der Waals surface area (Å²) in [6, 6.07) is 5.49. The molecule has 0 aromatic heterocycles. The Morgan fingerprint density at radius 1 is 1.53 bits per heavy atom. The van der Waals surface area contributed by atoms with Crippen LogP contribution >= 0.6 is 0 Å². The molecule has 0 aliphatic rings. The molecule has 0 radical (unpaired) electrons. The Balaban J connectivity index is 2.90. The summed E-state index contributed by atoms with van der Waals surface area (Å²) in [7, 11) is 0. The van der Waals surface area contributed by atoms with Crippen molar-refractivity contribution in [1.29, 1.82) is 0 Å². The van der Waals surface area contributed by atoms with E-state index in [1.54, 1.807) is 0 Å². The monoisotopic (exact) mass is 207 g/mol. The SMILES string of the molecule is CCc1cc(C(N)CC(=O)O)ccc1C. The van der Waals surface area contributed by atoms with Crippen molar-refractivity contribution in [2.75, 3.05) is 0 Å². The molecule has 0 aliphatic carbocycles. The zero-order valence-corrected chi connectivity index (χ0v) is 9.16. The first-order valence-corrected chi connectivity index (χ1v) is 5.11. The predicted molar refractivity (Wildman–Crippen MR) is 59.7 cm³/mol. The third-order valence-electron chi connectivity index (χ3n) is 2.58. The van der Waals surface area contributed by atoms with Crippen LogP contribution in [0.4, 0.5) is 0 Å². The van der Waals surface area contributed by atoms with Gasteiger partial charge in [0.15, 0.2) is 0 Å². The largest absolute Gasteiger partial charge is 0.481 e. The lowest BCUT2D eigenvalue weighted by Gasteiger charge is -2.12. The van der Waals surface area contributed by atoms with E-state index in [4.69, 9.17) is 10.8 Å². The first-order chi connectivity index (χ1) is 7.04. The fraction of sp³-hybridized carbons (Fsp3) is 0.417. The molecule has 0 amide bonds. The van der Waals surface area contributed by atoms with Crippen molar-refractivity contribution in [3.63, 3.8) is 0 Å². The molecule has 1 aromatic rings. The number of carboxylic acid groups (broad SMARTS) is 1. The summed E-state index contributed by atoms with van der Waals surface area (Å²) >= 11 is 0. The van der Waals surface area contributed by atoms with Crippen LogP contribution in [0.2, 0.25) is 0 Å². The molecular weight excluding hydrogens is 190 g/mol. The van der Waals surface area contributed by atoms with Crippen molar-refractivity contribution in [3.8, 4) is 0 Å². The summed E-state index contributed by atoms with van der Waals surface area (Å²) in [4.78, 5) is 10.5. The van der Waals surface area contributed by atoms with Crippen LogP contribution in [0.15, 0.2) is 18.2 Å². The molecule has 0 fully saturated rings. The van der Waals surface area contributed by atoms with Crippen LogP contribution in [0, 0.1) is 6.92 Å². The first kappa shape index (κ1) is 11.7. The summed E-state index contributed by atoms with van der Waals surface area (Å²) in [5.74, 6) is -0.860. The Labute approximate surface area is 89.9 Å². The minimum Gasteiger partial charge on any atom is -0.481 e. The Kier molecular flexibility index (Phi) is 3.86. The van der Waals surface area contributed by atoms with E-state index >= 15 is 0 Å². The van der Waals surface area contributed by atoms with Crippen molar-refractivity contribution in [3.05, 3.63) is 34.9 Å². The Morgan fingerprint density at radius 3 is 2.73 bits per heavy atom. The Morgan fingerprint density at radius 2 is 2.20 bits per heavy atom. The van der Waals surface area contributed by atoms with E-state index in [1.807, 2.05) is 25.1 Å². The minimum atomic E-state index is -0.860. The van der Waals surface area contributed by atoms with E-state index in [-0.39, 0.29) is 6.42 Å². The predicted octanol–water partition coefficient (Wildman–Crippen LogP) is 2.03. The van der Waals surface area contributed by atoms with Gasteiger partial charge in [-0.1, -0.05) is 25.1 Å². The summed E-state index contributed by atoms with van der Waals surface area (Å²) in [6.07, 6.45) is 0.922. The molecule has 3 nitrogen and oxygen atoms in total. The van der Waals surface area contributed by atoms with E-state index in [2.05, 4.69) is 6.92 Å². The van der Waals surface area contributed by atoms with Crippen molar-refractivity contribution in [2.45, 2.75) is 32.7 Å². The smallest absolute Gasteiger partial charge is 0.305 e. The number of aryl methyl sites for hydroxylation is 2. The van der Waals surface area contributed by atoms with Gasteiger partial charge in [-0.3, -0.25) is 4.79 Å². The molecular formula is C12H17NO2. The molecule has 1 rings (SSSR count). The third kappa shape index (κ3) is 3.06. The average molecular weight is 207 g/mol. The lowest BCUT2D eigenvalue weighted by molar-refractivity contribution is -0.137. The lowest BCUT2D eigenvalue weighted by Crippen LogP contribution is -2.15.